The third-order valence-electron chi connectivity index (χ3n) is 11.7. The van der Waals surface area contributed by atoms with Crippen molar-refractivity contribution in [1.82, 2.24) is 24.5 Å². The van der Waals surface area contributed by atoms with Gasteiger partial charge in [0.25, 0.3) is 11.4 Å². The molecule has 0 spiro atoms. The standard InChI is InChI=1S/C40H49N7O13S/c1-23-33-32(24(2)48)37(50)45(33)34(38(51)52)35(23)61-30-17-31(44(20-30)40(54)60-22-26-7-11-29(12-8-26)47(57)58)36(49)43-14-13-27(19-43)18-41(3)15-16-42(4)39(53)59-21-25-5-9-28(10-6-25)46(55)56/h5-12,23-24,27,30-33,48H,13-22H2,1-4H3,(H,51,52)/t23-,24-,27-,30+,31+,32-,33-/m1/s1. The summed E-state index contributed by atoms with van der Waals surface area (Å²) in [5.41, 5.74) is 0.783. The van der Waals surface area contributed by atoms with Gasteiger partial charge in [0.05, 0.1) is 27.9 Å². The van der Waals surface area contributed by atoms with E-state index >= 15 is 0 Å². The van der Waals surface area contributed by atoms with Crippen molar-refractivity contribution in [1.29, 1.82) is 0 Å². The molecule has 20 nitrogen and oxygen atoms in total. The average Bonchev–Trinajstić information content (AvgIpc) is 3.93. The maximum Gasteiger partial charge on any atom is 0.410 e. The number of carboxylic acid groups (broad SMARTS) is 1. The maximum atomic E-state index is 14.3. The van der Waals surface area contributed by atoms with E-state index in [4.69, 9.17) is 9.47 Å². The van der Waals surface area contributed by atoms with Crippen molar-refractivity contribution < 1.29 is 53.5 Å². The number of likely N-dealkylation sites (tertiary alicyclic amines) is 2. The summed E-state index contributed by atoms with van der Waals surface area (Å²) >= 11 is 1.22. The van der Waals surface area contributed by atoms with E-state index in [2.05, 4.69) is 4.90 Å². The number of nitrogens with zero attached hydrogens (tertiary/aromatic N) is 7. The van der Waals surface area contributed by atoms with Crippen LogP contribution in [0.3, 0.4) is 0 Å². The van der Waals surface area contributed by atoms with Crippen LogP contribution in [0.15, 0.2) is 59.1 Å². The van der Waals surface area contributed by atoms with Gasteiger partial charge in [-0.15, -0.1) is 11.8 Å². The quantitative estimate of drug-likeness (QED) is 0.139. The first-order valence-corrected chi connectivity index (χ1v) is 20.7. The van der Waals surface area contributed by atoms with E-state index in [9.17, 15) is 54.4 Å². The minimum Gasteiger partial charge on any atom is -0.477 e. The van der Waals surface area contributed by atoms with Gasteiger partial charge in [-0.2, -0.15) is 0 Å². The van der Waals surface area contributed by atoms with E-state index in [1.54, 1.807) is 18.9 Å². The smallest absolute Gasteiger partial charge is 0.410 e. The van der Waals surface area contributed by atoms with Gasteiger partial charge < -0.3 is 39.3 Å². The van der Waals surface area contributed by atoms with Gasteiger partial charge in [-0.3, -0.25) is 34.7 Å². The number of carbonyl (C=O) groups excluding carboxylic acids is 4. The molecule has 2 aromatic rings. The Labute approximate surface area is 355 Å². The summed E-state index contributed by atoms with van der Waals surface area (Å²) in [6.45, 7) is 5.45. The van der Waals surface area contributed by atoms with Crippen LogP contribution in [-0.2, 0) is 37.1 Å². The average molecular weight is 868 g/mol. The molecule has 4 aliphatic rings. The van der Waals surface area contributed by atoms with Crippen molar-refractivity contribution in [2.45, 2.75) is 63.3 Å². The number of β-lactam (4-membered cyclic amide) rings is 1. The Balaban J connectivity index is 1.06. The minimum atomic E-state index is -1.28. The Bertz CT molecular complexity index is 2070. The molecule has 0 saturated carbocycles. The highest BCUT2D eigenvalue weighted by atomic mass is 32.2. The number of rotatable bonds is 16. The summed E-state index contributed by atoms with van der Waals surface area (Å²) in [6, 6.07) is 9.82. The summed E-state index contributed by atoms with van der Waals surface area (Å²) in [5.74, 6) is -3.08. The second kappa shape index (κ2) is 18.9. The largest absolute Gasteiger partial charge is 0.477 e. The van der Waals surface area contributed by atoms with Gasteiger partial charge in [0, 0.05) is 86.7 Å². The first-order valence-electron chi connectivity index (χ1n) is 19.9. The highest BCUT2D eigenvalue weighted by Gasteiger charge is 2.60. The fourth-order valence-electron chi connectivity index (χ4n) is 8.42. The van der Waals surface area contributed by atoms with Gasteiger partial charge in [0.15, 0.2) is 0 Å². The highest BCUT2D eigenvalue weighted by molar-refractivity contribution is 8.03. The predicted molar refractivity (Wildman–Crippen MR) is 217 cm³/mol. The molecule has 0 unspecified atom stereocenters. The van der Waals surface area contributed by atoms with Crippen LogP contribution in [0.4, 0.5) is 21.0 Å². The number of carbonyl (C=O) groups is 5. The molecule has 6 rings (SSSR count). The number of fused-ring (bicyclic) bond motifs is 1. The summed E-state index contributed by atoms with van der Waals surface area (Å²) in [6.07, 6.45) is -1.41. The van der Waals surface area contributed by atoms with Gasteiger partial charge in [0.2, 0.25) is 11.8 Å². The Morgan fingerprint density at radius 2 is 1.52 bits per heavy atom. The molecule has 2 N–H and O–H groups in total. The number of nitro benzene ring substituents is 2. The van der Waals surface area contributed by atoms with Gasteiger partial charge in [-0.05, 0) is 68.1 Å². The number of likely N-dealkylation sites (N-methyl/N-ethyl adjacent to an activating group) is 2. The Morgan fingerprint density at radius 1 is 0.934 bits per heavy atom. The Kier molecular flexibility index (Phi) is 13.8. The molecule has 2 aromatic carbocycles. The lowest BCUT2D eigenvalue weighted by Crippen LogP contribution is -2.63. The van der Waals surface area contributed by atoms with E-state index in [1.165, 1.54) is 81.9 Å². The molecular weight excluding hydrogens is 819 g/mol. The first kappa shape index (κ1) is 44.7. The number of non-ortho nitro benzene ring substituents is 2. The number of aliphatic hydroxyl groups excluding tert-OH is 1. The second-order valence-corrected chi connectivity index (χ2v) is 17.3. The number of hydrogen-bond acceptors (Lipinski definition) is 14. The topological polar surface area (TPSA) is 247 Å². The number of aliphatic hydroxyl groups is 1. The van der Waals surface area contributed by atoms with Crippen molar-refractivity contribution in [3.8, 4) is 0 Å². The van der Waals surface area contributed by atoms with Crippen LogP contribution in [0.1, 0.15) is 37.8 Å². The molecule has 0 aliphatic carbocycles. The first-order chi connectivity index (χ1) is 28.9. The van der Waals surface area contributed by atoms with E-state index < -0.39 is 69.2 Å². The zero-order chi connectivity index (χ0) is 44.3. The third-order valence-corrected chi connectivity index (χ3v) is 13.2. The van der Waals surface area contributed by atoms with E-state index in [0.717, 1.165) is 0 Å². The lowest BCUT2D eigenvalue weighted by Gasteiger charge is -2.46. The number of aliphatic carboxylic acids is 1. The van der Waals surface area contributed by atoms with Crippen molar-refractivity contribution in [2.24, 2.45) is 17.8 Å². The van der Waals surface area contributed by atoms with Gasteiger partial charge in [0.1, 0.15) is 25.0 Å². The number of carboxylic acids is 1. The molecule has 328 valence electrons. The molecule has 0 bridgehead atoms. The van der Waals surface area contributed by atoms with Crippen molar-refractivity contribution in [2.75, 3.05) is 53.4 Å². The van der Waals surface area contributed by atoms with Crippen LogP contribution in [0, 0.1) is 38.0 Å². The number of hydrogen-bond donors (Lipinski definition) is 2. The fourth-order valence-corrected chi connectivity index (χ4v) is 9.95. The molecular formula is C40H49N7O13S. The molecule has 3 fully saturated rings. The minimum absolute atomic E-state index is 0.0386. The lowest BCUT2D eigenvalue weighted by atomic mass is 9.79. The van der Waals surface area contributed by atoms with Crippen LogP contribution in [-0.4, -0.2) is 151 Å². The number of benzene rings is 2. The van der Waals surface area contributed by atoms with Crippen molar-refractivity contribution >= 4 is 53.1 Å². The maximum absolute atomic E-state index is 14.3. The van der Waals surface area contributed by atoms with Crippen LogP contribution in [0.25, 0.3) is 0 Å². The van der Waals surface area contributed by atoms with E-state index in [-0.39, 0.29) is 55.1 Å². The summed E-state index contributed by atoms with van der Waals surface area (Å²) in [5, 5.41) is 42.0. The molecule has 4 aliphatic heterocycles. The number of thioether (sulfide) groups is 1. The molecule has 4 heterocycles. The molecule has 3 saturated heterocycles. The highest BCUT2D eigenvalue weighted by Crippen LogP contribution is 2.52. The SMILES string of the molecule is C[C@@H](O)[C@H]1C(=O)N2C(C(=O)O)=C(S[C@H]3C[C@@H](C(=O)N4CC[C@H](CN(C)CCN(C)C(=O)OCc5ccc([N+](=O)[O-])cc5)C4)N(C(=O)OCc4ccc([N+](=O)[O-])cc4)C3)[C@H](C)[C@H]12. The second-order valence-electron chi connectivity index (χ2n) is 16.0. The zero-order valence-corrected chi connectivity index (χ0v) is 35.0. The number of ether oxygens (including phenoxy) is 2. The summed E-state index contributed by atoms with van der Waals surface area (Å²) in [7, 11) is 3.52. The Hall–Kier alpha value is -5.80. The lowest BCUT2D eigenvalue weighted by molar-refractivity contribution is -0.385. The Morgan fingerprint density at radius 3 is 2.08 bits per heavy atom. The van der Waals surface area contributed by atoms with Crippen LogP contribution < -0.4 is 0 Å². The predicted octanol–water partition coefficient (Wildman–Crippen LogP) is 3.52. The number of amides is 4. The zero-order valence-electron chi connectivity index (χ0n) is 34.2. The van der Waals surface area contributed by atoms with Crippen molar-refractivity contribution in [3.63, 3.8) is 0 Å². The monoisotopic (exact) mass is 867 g/mol. The third kappa shape index (κ3) is 9.89. The van der Waals surface area contributed by atoms with E-state index in [1.807, 2.05) is 7.05 Å². The van der Waals surface area contributed by atoms with Gasteiger partial charge in [-0.1, -0.05) is 6.92 Å². The molecule has 7 atom stereocenters. The normalized spacial score (nSPS) is 23.8. The van der Waals surface area contributed by atoms with Gasteiger partial charge in [-0.25, -0.2) is 14.4 Å². The van der Waals surface area contributed by atoms with Crippen LogP contribution in [0.5, 0.6) is 0 Å². The van der Waals surface area contributed by atoms with Gasteiger partial charge >= 0.3 is 18.2 Å². The molecule has 0 radical (unpaired) electrons. The van der Waals surface area contributed by atoms with E-state index in [0.29, 0.717) is 55.2 Å². The fraction of sp³-hybridized carbons (Fsp3) is 0.525. The van der Waals surface area contributed by atoms with Crippen LogP contribution in [0.2, 0.25) is 0 Å². The molecule has 21 heteroatoms. The summed E-state index contributed by atoms with van der Waals surface area (Å²) < 4.78 is 11.0. The molecule has 4 amide bonds. The van der Waals surface area contributed by atoms with Crippen LogP contribution >= 0.6 is 11.8 Å². The molecule has 0 aromatic heterocycles. The summed E-state index contributed by atoms with van der Waals surface area (Å²) in [4.78, 5) is 95.2. The molecule has 61 heavy (non-hydrogen) atoms. The van der Waals surface area contributed by atoms with Crippen molar-refractivity contribution in [3.05, 3.63) is 90.5 Å². The number of nitro groups is 2.